The minimum absolute atomic E-state index is 0.343. The molecule has 0 spiro atoms. The molecule has 0 aromatic heterocycles. The lowest BCUT2D eigenvalue weighted by Gasteiger charge is -2.13. The first-order valence-electron chi connectivity index (χ1n) is 8.65. The summed E-state index contributed by atoms with van der Waals surface area (Å²) in [5.41, 5.74) is 3.60. The van der Waals surface area contributed by atoms with Gasteiger partial charge in [0.2, 0.25) is 0 Å². The number of amides is 1. The number of benzene rings is 2. The molecule has 0 saturated carbocycles. The molecule has 7 heteroatoms. The van der Waals surface area contributed by atoms with Crippen LogP contribution in [0.3, 0.4) is 0 Å². The third-order valence-corrected chi connectivity index (χ3v) is 3.77. The number of nitrogens with zero attached hydrogens (tertiary/aromatic N) is 1. The summed E-state index contributed by atoms with van der Waals surface area (Å²) in [7, 11) is 1.54. The summed E-state index contributed by atoms with van der Waals surface area (Å²) in [6.07, 6.45) is 2.36. The number of hydrogen-bond donors (Lipinski definition) is 1. The topological polar surface area (TPSA) is 69.2 Å². The number of hydrazone groups is 1. The van der Waals surface area contributed by atoms with Gasteiger partial charge in [-0.1, -0.05) is 24.6 Å². The molecule has 0 radical (unpaired) electrons. The Hall–Kier alpha value is -2.73. The summed E-state index contributed by atoms with van der Waals surface area (Å²) >= 11 is 6.31. The van der Waals surface area contributed by atoms with Crippen LogP contribution in [0.1, 0.15) is 36.2 Å². The van der Waals surface area contributed by atoms with E-state index in [1.165, 1.54) is 6.21 Å². The quantitative estimate of drug-likeness (QED) is 0.512. The molecule has 144 valence electrons. The lowest BCUT2D eigenvalue weighted by molar-refractivity contribution is 0.0955. The number of halogens is 1. The van der Waals surface area contributed by atoms with Crippen molar-refractivity contribution in [1.82, 2.24) is 5.43 Å². The maximum Gasteiger partial charge on any atom is 0.271 e. The number of hydrogen-bond acceptors (Lipinski definition) is 5. The third kappa shape index (κ3) is 5.89. The van der Waals surface area contributed by atoms with Crippen LogP contribution in [-0.4, -0.2) is 32.4 Å². The van der Waals surface area contributed by atoms with Crippen molar-refractivity contribution in [3.63, 3.8) is 0 Å². The summed E-state index contributed by atoms with van der Waals surface area (Å²) < 4.78 is 16.4. The van der Waals surface area contributed by atoms with Crippen molar-refractivity contribution in [3.8, 4) is 17.2 Å². The highest BCUT2D eigenvalue weighted by atomic mass is 35.5. The van der Waals surface area contributed by atoms with Gasteiger partial charge in [-0.05, 0) is 49.2 Å². The van der Waals surface area contributed by atoms with Gasteiger partial charge in [-0.15, -0.1) is 0 Å². The van der Waals surface area contributed by atoms with Crippen LogP contribution >= 0.6 is 11.6 Å². The summed E-state index contributed by atoms with van der Waals surface area (Å²) in [6, 6.07) is 10.3. The van der Waals surface area contributed by atoms with E-state index in [-0.39, 0.29) is 5.91 Å². The lowest BCUT2D eigenvalue weighted by Crippen LogP contribution is -2.17. The summed E-state index contributed by atoms with van der Waals surface area (Å²) in [5.74, 6) is 1.31. The van der Waals surface area contributed by atoms with E-state index in [4.69, 9.17) is 25.8 Å². The second-order valence-electron chi connectivity index (χ2n) is 5.54. The largest absolute Gasteiger partial charge is 0.497 e. The lowest BCUT2D eigenvalue weighted by atomic mass is 10.2. The van der Waals surface area contributed by atoms with Crippen molar-refractivity contribution < 1.29 is 19.0 Å². The Labute approximate surface area is 164 Å². The van der Waals surface area contributed by atoms with Gasteiger partial charge in [0.15, 0.2) is 11.5 Å². The Morgan fingerprint density at radius 2 is 2.04 bits per heavy atom. The van der Waals surface area contributed by atoms with Crippen molar-refractivity contribution in [1.29, 1.82) is 0 Å². The molecular weight excluding hydrogens is 368 g/mol. The standard InChI is InChI=1S/C20H23ClN2O4/c1-4-9-27-19-17(21)10-14(11-18(19)26-5-2)13-22-23-20(24)15-7-6-8-16(12-15)25-3/h6-8,10-13H,4-5,9H2,1-3H3,(H,23,24)/b22-13+. The molecule has 0 saturated heterocycles. The second-order valence-corrected chi connectivity index (χ2v) is 5.95. The van der Waals surface area contributed by atoms with E-state index in [1.54, 1.807) is 43.5 Å². The van der Waals surface area contributed by atoms with E-state index < -0.39 is 0 Å². The van der Waals surface area contributed by atoms with Crippen molar-refractivity contribution in [2.75, 3.05) is 20.3 Å². The average Bonchev–Trinajstić information content (AvgIpc) is 2.67. The maximum atomic E-state index is 12.2. The molecule has 0 fully saturated rings. The Morgan fingerprint density at radius 1 is 1.22 bits per heavy atom. The number of carbonyl (C=O) groups excluding carboxylic acids is 1. The summed E-state index contributed by atoms with van der Waals surface area (Å²) in [6.45, 7) is 4.92. The van der Waals surface area contributed by atoms with Gasteiger partial charge in [-0.2, -0.15) is 5.10 Å². The molecule has 2 aromatic rings. The zero-order valence-electron chi connectivity index (χ0n) is 15.6. The Kier molecular flexibility index (Phi) is 7.95. The van der Waals surface area contributed by atoms with E-state index in [1.807, 2.05) is 13.8 Å². The fourth-order valence-electron chi connectivity index (χ4n) is 2.26. The minimum atomic E-state index is -0.343. The van der Waals surface area contributed by atoms with Crippen molar-refractivity contribution in [2.24, 2.45) is 5.10 Å². The van der Waals surface area contributed by atoms with Crippen molar-refractivity contribution in [3.05, 3.63) is 52.5 Å². The van der Waals surface area contributed by atoms with Gasteiger partial charge >= 0.3 is 0 Å². The first-order valence-corrected chi connectivity index (χ1v) is 9.03. The fourth-order valence-corrected chi connectivity index (χ4v) is 2.54. The van der Waals surface area contributed by atoms with E-state index in [0.717, 1.165) is 6.42 Å². The Morgan fingerprint density at radius 3 is 2.74 bits per heavy atom. The highest BCUT2D eigenvalue weighted by Crippen LogP contribution is 2.36. The SMILES string of the molecule is CCCOc1c(Cl)cc(/C=N/NC(=O)c2cccc(OC)c2)cc1OCC. The number of nitrogens with one attached hydrogen (secondary N) is 1. The molecule has 0 aliphatic rings. The molecule has 27 heavy (non-hydrogen) atoms. The second kappa shape index (κ2) is 10.4. The van der Waals surface area contributed by atoms with Crippen molar-refractivity contribution in [2.45, 2.75) is 20.3 Å². The van der Waals surface area contributed by atoms with Crippen molar-refractivity contribution >= 4 is 23.7 Å². The fraction of sp³-hybridized carbons (Fsp3) is 0.300. The van der Waals surface area contributed by atoms with Gasteiger partial charge < -0.3 is 14.2 Å². The summed E-state index contributed by atoms with van der Waals surface area (Å²) in [5, 5.41) is 4.41. The molecule has 0 aliphatic carbocycles. The number of methoxy groups -OCH3 is 1. The number of carbonyl (C=O) groups is 1. The van der Waals surface area contributed by atoms with Crippen LogP contribution in [0.4, 0.5) is 0 Å². The molecule has 2 aromatic carbocycles. The molecule has 0 aliphatic heterocycles. The first kappa shape index (κ1) is 20.6. The van der Waals surface area contributed by atoms with Crippen LogP contribution in [0.5, 0.6) is 17.2 Å². The van der Waals surface area contributed by atoms with E-state index in [2.05, 4.69) is 10.5 Å². The van der Waals surface area contributed by atoms with Crippen LogP contribution in [0.2, 0.25) is 5.02 Å². The number of rotatable bonds is 9. The highest BCUT2D eigenvalue weighted by molar-refractivity contribution is 6.32. The van der Waals surface area contributed by atoms with E-state index in [9.17, 15) is 4.79 Å². The van der Waals surface area contributed by atoms with Gasteiger partial charge in [0.05, 0.1) is 31.6 Å². The normalized spacial score (nSPS) is 10.7. The molecule has 6 nitrogen and oxygen atoms in total. The molecule has 0 bridgehead atoms. The van der Waals surface area contributed by atoms with Gasteiger partial charge in [-0.3, -0.25) is 4.79 Å². The van der Waals surface area contributed by atoms with Crippen LogP contribution in [-0.2, 0) is 0 Å². The van der Waals surface area contributed by atoms with Gasteiger partial charge in [0, 0.05) is 5.56 Å². The number of ether oxygens (including phenoxy) is 3. The molecule has 0 heterocycles. The molecule has 1 N–H and O–H groups in total. The van der Waals surface area contributed by atoms with Gasteiger partial charge in [0.1, 0.15) is 5.75 Å². The van der Waals surface area contributed by atoms with Crippen LogP contribution in [0.25, 0.3) is 0 Å². The summed E-state index contributed by atoms with van der Waals surface area (Å²) in [4.78, 5) is 12.2. The molecular formula is C20H23ClN2O4. The molecule has 2 rings (SSSR count). The Balaban J connectivity index is 2.12. The molecule has 1 amide bonds. The zero-order valence-corrected chi connectivity index (χ0v) is 16.4. The predicted molar refractivity (Wildman–Crippen MR) is 106 cm³/mol. The molecule has 0 atom stereocenters. The zero-order chi connectivity index (χ0) is 19.6. The van der Waals surface area contributed by atoms with Gasteiger partial charge in [0.25, 0.3) is 5.91 Å². The van der Waals surface area contributed by atoms with Crippen LogP contribution in [0.15, 0.2) is 41.5 Å². The maximum absolute atomic E-state index is 12.2. The van der Waals surface area contributed by atoms with E-state index >= 15 is 0 Å². The minimum Gasteiger partial charge on any atom is -0.497 e. The van der Waals surface area contributed by atoms with E-state index in [0.29, 0.717) is 46.6 Å². The van der Waals surface area contributed by atoms with Gasteiger partial charge in [-0.25, -0.2) is 5.43 Å². The third-order valence-electron chi connectivity index (χ3n) is 3.49. The molecule has 0 unspecified atom stereocenters. The van der Waals surface area contributed by atoms with Crippen LogP contribution < -0.4 is 19.6 Å². The monoisotopic (exact) mass is 390 g/mol. The van der Waals surface area contributed by atoms with Crippen LogP contribution in [0, 0.1) is 0 Å². The predicted octanol–water partition coefficient (Wildman–Crippen LogP) is 4.30. The highest BCUT2D eigenvalue weighted by Gasteiger charge is 2.12. The average molecular weight is 391 g/mol. The smallest absolute Gasteiger partial charge is 0.271 e. The Bertz CT molecular complexity index is 809. The first-order chi connectivity index (χ1) is 13.1.